The van der Waals surface area contributed by atoms with Crippen LogP contribution in [-0.4, -0.2) is 22.5 Å². The Labute approximate surface area is 133 Å². The molecule has 1 atom stereocenters. The Morgan fingerprint density at radius 1 is 1.05 bits per heavy atom. The van der Waals surface area contributed by atoms with Crippen molar-refractivity contribution in [2.24, 2.45) is 28.2 Å². The fraction of sp³-hybridized carbons (Fsp3) is 0.944. The van der Waals surface area contributed by atoms with E-state index < -0.39 is 0 Å². The Balaban J connectivity index is 1.52. The van der Waals surface area contributed by atoms with Gasteiger partial charge >= 0.3 is 0 Å². The molecule has 0 aromatic carbocycles. The SMILES string of the molecule is CC(C)(C)C1CCSC(NC23CC4CC(CC(C4)C2)C3)=N1. The van der Waals surface area contributed by atoms with Crippen LogP contribution >= 0.6 is 11.8 Å². The van der Waals surface area contributed by atoms with E-state index in [1.54, 1.807) is 0 Å². The highest BCUT2D eigenvalue weighted by molar-refractivity contribution is 8.13. The first kappa shape index (κ1) is 14.4. The second-order valence-electron chi connectivity index (χ2n) is 9.28. The van der Waals surface area contributed by atoms with Gasteiger partial charge in [0.1, 0.15) is 0 Å². The minimum absolute atomic E-state index is 0.301. The molecule has 5 rings (SSSR count). The van der Waals surface area contributed by atoms with Crippen molar-refractivity contribution in [3.8, 4) is 0 Å². The van der Waals surface area contributed by atoms with Gasteiger partial charge < -0.3 is 5.32 Å². The maximum absolute atomic E-state index is 5.10. The summed E-state index contributed by atoms with van der Waals surface area (Å²) in [6, 6.07) is 0.496. The Bertz CT molecular complexity index is 413. The summed E-state index contributed by atoms with van der Waals surface area (Å²) in [5, 5.41) is 5.25. The number of aliphatic imine (C=N–C) groups is 1. The van der Waals surface area contributed by atoms with E-state index in [1.165, 1.54) is 55.9 Å². The average molecular weight is 307 g/mol. The lowest BCUT2D eigenvalue weighted by Crippen LogP contribution is -2.59. The Kier molecular flexibility index (Phi) is 3.37. The third kappa shape index (κ3) is 2.75. The van der Waals surface area contributed by atoms with Gasteiger partial charge in [-0.1, -0.05) is 32.5 Å². The van der Waals surface area contributed by atoms with Crippen LogP contribution in [0.3, 0.4) is 0 Å². The predicted molar refractivity (Wildman–Crippen MR) is 91.8 cm³/mol. The van der Waals surface area contributed by atoms with Gasteiger partial charge in [-0.15, -0.1) is 0 Å². The van der Waals surface area contributed by atoms with Crippen LogP contribution < -0.4 is 5.32 Å². The Morgan fingerprint density at radius 2 is 1.62 bits per heavy atom. The van der Waals surface area contributed by atoms with E-state index in [1.807, 2.05) is 11.8 Å². The fourth-order valence-electron chi connectivity index (χ4n) is 5.70. The topological polar surface area (TPSA) is 24.4 Å². The average Bonchev–Trinajstić information content (AvgIpc) is 2.35. The number of thioether (sulfide) groups is 1. The lowest BCUT2D eigenvalue weighted by molar-refractivity contribution is -0.00974. The summed E-state index contributed by atoms with van der Waals surface area (Å²) < 4.78 is 0. The molecule has 4 fully saturated rings. The zero-order chi connectivity index (χ0) is 14.7. The van der Waals surface area contributed by atoms with Gasteiger partial charge in [-0.25, -0.2) is 0 Å². The van der Waals surface area contributed by atoms with Crippen molar-refractivity contribution in [1.29, 1.82) is 0 Å². The van der Waals surface area contributed by atoms with Crippen molar-refractivity contribution in [1.82, 2.24) is 5.32 Å². The van der Waals surface area contributed by atoms with Crippen molar-refractivity contribution in [2.75, 3.05) is 5.75 Å². The molecule has 4 aliphatic carbocycles. The molecule has 2 nitrogen and oxygen atoms in total. The van der Waals surface area contributed by atoms with E-state index in [0.717, 1.165) is 17.8 Å². The summed E-state index contributed by atoms with van der Waals surface area (Å²) in [7, 11) is 0. The van der Waals surface area contributed by atoms with Crippen LogP contribution in [0.5, 0.6) is 0 Å². The van der Waals surface area contributed by atoms with E-state index >= 15 is 0 Å². The molecule has 3 heteroatoms. The largest absolute Gasteiger partial charge is 0.359 e. The van der Waals surface area contributed by atoms with Crippen LogP contribution in [0, 0.1) is 23.2 Å². The van der Waals surface area contributed by atoms with Crippen LogP contribution in [-0.2, 0) is 0 Å². The van der Waals surface area contributed by atoms with Crippen molar-refractivity contribution in [3.63, 3.8) is 0 Å². The maximum Gasteiger partial charge on any atom is 0.157 e. The molecule has 1 N–H and O–H groups in total. The molecule has 0 radical (unpaired) electrons. The third-order valence-electron chi connectivity index (χ3n) is 6.31. The number of hydrogen-bond acceptors (Lipinski definition) is 3. The van der Waals surface area contributed by atoms with E-state index in [4.69, 9.17) is 4.99 Å². The number of rotatable bonds is 1. The van der Waals surface area contributed by atoms with Gasteiger partial charge in [-0.2, -0.15) is 0 Å². The van der Waals surface area contributed by atoms with E-state index in [2.05, 4.69) is 26.1 Å². The molecule has 4 bridgehead atoms. The molecule has 0 aromatic rings. The van der Waals surface area contributed by atoms with Crippen molar-refractivity contribution >= 4 is 16.9 Å². The van der Waals surface area contributed by atoms with Gasteiger partial charge in [-0.3, -0.25) is 4.99 Å². The van der Waals surface area contributed by atoms with Crippen molar-refractivity contribution < 1.29 is 0 Å². The highest BCUT2D eigenvalue weighted by atomic mass is 32.2. The molecule has 5 aliphatic rings. The monoisotopic (exact) mass is 306 g/mol. The number of nitrogens with zero attached hydrogens (tertiary/aromatic N) is 1. The predicted octanol–water partition coefficient (Wildman–Crippen LogP) is 4.45. The maximum atomic E-state index is 5.10. The summed E-state index contributed by atoms with van der Waals surface area (Å²) in [5.74, 6) is 4.27. The smallest absolute Gasteiger partial charge is 0.157 e. The molecular formula is C18H30N2S. The van der Waals surface area contributed by atoms with E-state index in [9.17, 15) is 0 Å². The lowest BCUT2D eigenvalue weighted by atomic mass is 9.53. The molecule has 1 unspecified atom stereocenters. The molecule has 21 heavy (non-hydrogen) atoms. The molecule has 0 amide bonds. The minimum atomic E-state index is 0.301. The first-order chi connectivity index (χ1) is 9.92. The summed E-state index contributed by atoms with van der Waals surface area (Å²) in [4.78, 5) is 5.10. The van der Waals surface area contributed by atoms with Crippen LogP contribution in [0.2, 0.25) is 0 Å². The molecule has 0 saturated heterocycles. The Hall–Kier alpha value is -0.180. The van der Waals surface area contributed by atoms with Gasteiger partial charge in [0.25, 0.3) is 0 Å². The normalized spacial score (nSPS) is 45.6. The molecule has 4 saturated carbocycles. The first-order valence-corrected chi connectivity index (χ1v) is 9.89. The molecule has 1 aliphatic heterocycles. The van der Waals surface area contributed by atoms with E-state index in [0.29, 0.717) is 17.0 Å². The van der Waals surface area contributed by atoms with Crippen LogP contribution in [0.25, 0.3) is 0 Å². The zero-order valence-electron chi connectivity index (χ0n) is 13.8. The van der Waals surface area contributed by atoms with Gasteiger partial charge in [-0.05, 0) is 68.1 Å². The van der Waals surface area contributed by atoms with Crippen molar-refractivity contribution in [2.45, 2.75) is 77.3 Å². The standard InChI is InChI=1S/C18H30N2S/c1-17(2,3)15-4-5-21-16(19-15)20-18-9-12-6-13(10-18)8-14(7-12)11-18/h12-15H,4-11H2,1-3H3,(H,19,20). The highest BCUT2D eigenvalue weighted by Gasteiger charge is 2.51. The van der Waals surface area contributed by atoms with Gasteiger partial charge in [0, 0.05) is 11.3 Å². The van der Waals surface area contributed by atoms with E-state index in [-0.39, 0.29) is 0 Å². The van der Waals surface area contributed by atoms with Crippen molar-refractivity contribution in [3.05, 3.63) is 0 Å². The third-order valence-corrected chi connectivity index (χ3v) is 7.23. The molecular weight excluding hydrogens is 276 g/mol. The quantitative estimate of drug-likeness (QED) is 0.774. The molecule has 0 spiro atoms. The molecule has 118 valence electrons. The van der Waals surface area contributed by atoms with Gasteiger partial charge in [0.05, 0.1) is 6.04 Å². The summed E-state index contributed by atoms with van der Waals surface area (Å²) in [6.07, 6.45) is 10.0. The fourth-order valence-corrected chi connectivity index (χ4v) is 6.72. The Morgan fingerprint density at radius 3 is 2.14 bits per heavy atom. The van der Waals surface area contributed by atoms with Gasteiger partial charge in [0.2, 0.25) is 0 Å². The van der Waals surface area contributed by atoms with Gasteiger partial charge in [0.15, 0.2) is 5.17 Å². The number of hydrogen-bond donors (Lipinski definition) is 1. The highest BCUT2D eigenvalue weighted by Crippen LogP contribution is 2.55. The first-order valence-electron chi connectivity index (χ1n) is 8.91. The molecule has 1 heterocycles. The molecule has 0 aromatic heterocycles. The number of nitrogens with one attached hydrogen (secondary N) is 1. The van der Waals surface area contributed by atoms with Crippen LogP contribution in [0.1, 0.15) is 65.7 Å². The summed E-state index contributed by atoms with van der Waals surface area (Å²) in [5.41, 5.74) is 0.718. The second-order valence-corrected chi connectivity index (χ2v) is 10.4. The minimum Gasteiger partial charge on any atom is -0.359 e. The number of amidine groups is 1. The zero-order valence-corrected chi connectivity index (χ0v) is 14.6. The summed E-state index contributed by atoms with van der Waals surface area (Å²) >= 11 is 1.97. The summed E-state index contributed by atoms with van der Waals surface area (Å²) in [6.45, 7) is 7.00. The van der Waals surface area contributed by atoms with Crippen LogP contribution in [0.4, 0.5) is 0 Å². The van der Waals surface area contributed by atoms with Crippen LogP contribution in [0.15, 0.2) is 4.99 Å². The second kappa shape index (κ2) is 4.91. The lowest BCUT2D eigenvalue weighted by Gasteiger charge is -2.57.